The van der Waals surface area contributed by atoms with Gasteiger partial charge in [-0.2, -0.15) is 0 Å². The number of benzene rings is 2. The molecule has 1 heterocycles. The van der Waals surface area contributed by atoms with Crippen molar-refractivity contribution >= 4 is 5.91 Å². The Kier molecular flexibility index (Phi) is 6.07. The van der Waals surface area contributed by atoms with E-state index >= 15 is 0 Å². The Bertz CT molecular complexity index is 871. The first-order valence-corrected chi connectivity index (χ1v) is 9.20. The molecule has 2 aromatic carbocycles. The van der Waals surface area contributed by atoms with Crippen LogP contribution in [0.3, 0.4) is 0 Å². The Morgan fingerprint density at radius 2 is 1.70 bits per heavy atom. The first kappa shape index (κ1) is 18.9. The van der Waals surface area contributed by atoms with E-state index in [1.165, 1.54) is 12.1 Å². The zero-order valence-electron chi connectivity index (χ0n) is 15.7. The molecule has 3 aromatic rings. The molecule has 1 aromatic heterocycles. The smallest absolute Gasteiger partial charge is 0.230 e. The molecule has 0 saturated carbocycles. The van der Waals surface area contributed by atoms with E-state index in [0.29, 0.717) is 19.5 Å². The van der Waals surface area contributed by atoms with Gasteiger partial charge in [0.25, 0.3) is 0 Å². The second-order valence-corrected chi connectivity index (χ2v) is 6.70. The molecule has 0 bridgehead atoms. The number of amides is 1. The number of nitrogens with zero attached hydrogens (tertiary/aromatic N) is 1. The lowest BCUT2D eigenvalue weighted by atomic mass is 9.94. The Hall–Kier alpha value is -2.88. The van der Waals surface area contributed by atoms with Crippen LogP contribution in [-0.2, 0) is 17.9 Å². The number of hydrogen-bond donors (Lipinski definition) is 0. The van der Waals surface area contributed by atoms with Gasteiger partial charge in [0.05, 0.1) is 12.5 Å². The zero-order chi connectivity index (χ0) is 19.2. The topological polar surface area (TPSA) is 33.5 Å². The van der Waals surface area contributed by atoms with Crippen molar-refractivity contribution in [1.29, 1.82) is 0 Å². The third-order valence-corrected chi connectivity index (χ3v) is 4.65. The van der Waals surface area contributed by atoms with E-state index in [1.54, 1.807) is 17.0 Å². The Morgan fingerprint density at radius 1 is 1.00 bits per heavy atom. The van der Waals surface area contributed by atoms with Crippen molar-refractivity contribution in [1.82, 2.24) is 4.90 Å². The fourth-order valence-electron chi connectivity index (χ4n) is 3.24. The van der Waals surface area contributed by atoms with Crippen LogP contribution in [-0.4, -0.2) is 10.8 Å². The van der Waals surface area contributed by atoms with Crippen LogP contribution in [0.1, 0.15) is 41.9 Å². The van der Waals surface area contributed by atoms with Crippen LogP contribution in [0.5, 0.6) is 0 Å². The summed E-state index contributed by atoms with van der Waals surface area (Å²) in [7, 11) is 0. The molecular formula is C23H24FNO2. The third-order valence-electron chi connectivity index (χ3n) is 4.65. The number of furan rings is 1. The zero-order valence-corrected chi connectivity index (χ0v) is 15.7. The van der Waals surface area contributed by atoms with Crippen molar-refractivity contribution in [3.8, 4) is 0 Å². The van der Waals surface area contributed by atoms with Crippen LogP contribution in [0, 0.1) is 12.7 Å². The summed E-state index contributed by atoms with van der Waals surface area (Å²) in [6.07, 6.45) is 0.708. The lowest BCUT2D eigenvalue weighted by Crippen LogP contribution is -2.34. The van der Waals surface area contributed by atoms with Gasteiger partial charge < -0.3 is 9.32 Å². The second-order valence-electron chi connectivity index (χ2n) is 6.70. The second kappa shape index (κ2) is 8.67. The van der Waals surface area contributed by atoms with Gasteiger partial charge in [0.2, 0.25) is 5.91 Å². The van der Waals surface area contributed by atoms with Gasteiger partial charge in [-0.1, -0.05) is 49.4 Å². The highest BCUT2D eigenvalue weighted by Gasteiger charge is 2.25. The number of rotatable bonds is 7. The molecule has 140 valence electrons. The minimum Gasteiger partial charge on any atom is -0.464 e. The van der Waals surface area contributed by atoms with Crippen LogP contribution in [0.2, 0.25) is 0 Å². The molecule has 0 radical (unpaired) electrons. The highest BCUT2D eigenvalue weighted by Crippen LogP contribution is 2.24. The fraction of sp³-hybridized carbons (Fsp3) is 0.261. The maximum absolute atomic E-state index is 13.4. The number of carbonyl (C=O) groups excluding carboxylic acids is 1. The van der Waals surface area contributed by atoms with Crippen molar-refractivity contribution in [2.75, 3.05) is 0 Å². The normalized spacial score (nSPS) is 12.0. The summed E-state index contributed by atoms with van der Waals surface area (Å²) in [5, 5.41) is 0. The third kappa shape index (κ3) is 4.85. The summed E-state index contributed by atoms with van der Waals surface area (Å²) in [4.78, 5) is 15.2. The van der Waals surface area contributed by atoms with Crippen molar-refractivity contribution in [2.24, 2.45) is 0 Å². The largest absolute Gasteiger partial charge is 0.464 e. The summed E-state index contributed by atoms with van der Waals surface area (Å²) in [6.45, 7) is 4.69. The van der Waals surface area contributed by atoms with Crippen molar-refractivity contribution in [3.05, 3.63) is 95.2 Å². The van der Waals surface area contributed by atoms with E-state index in [-0.39, 0.29) is 17.6 Å². The highest BCUT2D eigenvalue weighted by atomic mass is 19.1. The van der Waals surface area contributed by atoms with Gasteiger partial charge in [-0.25, -0.2) is 4.39 Å². The van der Waals surface area contributed by atoms with Crippen LogP contribution in [0.4, 0.5) is 4.39 Å². The molecule has 0 aliphatic heterocycles. The van der Waals surface area contributed by atoms with Gasteiger partial charge >= 0.3 is 0 Å². The van der Waals surface area contributed by atoms with Gasteiger partial charge in [0, 0.05) is 6.54 Å². The molecular weight excluding hydrogens is 341 g/mol. The van der Waals surface area contributed by atoms with Gasteiger partial charge in [-0.3, -0.25) is 4.79 Å². The molecule has 0 N–H and O–H groups in total. The number of halogens is 1. The van der Waals surface area contributed by atoms with Crippen molar-refractivity contribution < 1.29 is 13.6 Å². The predicted octanol–water partition coefficient (Wildman–Crippen LogP) is 5.45. The Labute approximate surface area is 159 Å². The van der Waals surface area contributed by atoms with Crippen LogP contribution >= 0.6 is 0 Å². The monoisotopic (exact) mass is 365 g/mol. The van der Waals surface area contributed by atoms with E-state index in [0.717, 1.165) is 22.6 Å². The van der Waals surface area contributed by atoms with E-state index in [2.05, 4.69) is 0 Å². The SMILES string of the molecule is CC[C@@H](C(=O)N(Cc1ccc(F)cc1)Cc1ccc(C)o1)c1ccccc1. The summed E-state index contributed by atoms with van der Waals surface area (Å²) in [6, 6.07) is 19.9. The molecule has 27 heavy (non-hydrogen) atoms. The van der Waals surface area contributed by atoms with Crippen LogP contribution in [0.25, 0.3) is 0 Å². The van der Waals surface area contributed by atoms with E-state index < -0.39 is 0 Å². The van der Waals surface area contributed by atoms with E-state index in [1.807, 2.05) is 56.3 Å². The molecule has 1 amide bonds. The first-order chi connectivity index (χ1) is 13.1. The summed E-state index contributed by atoms with van der Waals surface area (Å²) < 4.78 is 18.9. The molecule has 3 nitrogen and oxygen atoms in total. The van der Waals surface area contributed by atoms with Gasteiger partial charge in [0.1, 0.15) is 17.3 Å². The first-order valence-electron chi connectivity index (χ1n) is 9.20. The lowest BCUT2D eigenvalue weighted by molar-refractivity contribution is -0.134. The maximum Gasteiger partial charge on any atom is 0.230 e. The quantitative estimate of drug-likeness (QED) is 0.558. The van der Waals surface area contributed by atoms with E-state index in [9.17, 15) is 9.18 Å². The molecule has 3 rings (SSSR count). The highest BCUT2D eigenvalue weighted by molar-refractivity contribution is 5.83. The lowest BCUT2D eigenvalue weighted by Gasteiger charge is -2.27. The molecule has 0 aliphatic rings. The van der Waals surface area contributed by atoms with Gasteiger partial charge in [0.15, 0.2) is 0 Å². The molecule has 0 aliphatic carbocycles. The van der Waals surface area contributed by atoms with Crippen LogP contribution < -0.4 is 0 Å². The minimum absolute atomic E-state index is 0.0436. The predicted molar refractivity (Wildman–Crippen MR) is 104 cm³/mol. The summed E-state index contributed by atoms with van der Waals surface area (Å²) in [5.41, 5.74) is 1.89. The number of carbonyl (C=O) groups is 1. The van der Waals surface area contributed by atoms with Crippen molar-refractivity contribution in [2.45, 2.75) is 39.3 Å². The fourth-order valence-corrected chi connectivity index (χ4v) is 3.24. The Morgan fingerprint density at radius 3 is 2.30 bits per heavy atom. The molecule has 0 spiro atoms. The molecule has 0 saturated heterocycles. The van der Waals surface area contributed by atoms with E-state index in [4.69, 9.17) is 4.42 Å². The van der Waals surface area contributed by atoms with Crippen molar-refractivity contribution in [3.63, 3.8) is 0 Å². The molecule has 0 fully saturated rings. The van der Waals surface area contributed by atoms with Crippen LogP contribution in [0.15, 0.2) is 71.1 Å². The Balaban J connectivity index is 1.87. The summed E-state index contributed by atoms with van der Waals surface area (Å²) >= 11 is 0. The van der Waals surface area contributed by atoms with Gasteiger partial charge in [-0.15, -0.1) is 0 Å². The average Bonchev–Trinajstić information content (AvgIpc) is 3.09. The number of hydrogen-bond acceptors (Lipinski definition) is 2. The number of aryl methyl sites for hydroxylation is 1. The molecule has 1 atom stereocenters. The van der Waals surface area contributed by atoms with Gasteiger partial charge in [-0.05, 0) is 48.7 Å². The standard InChI is InChI=1S/C23H24FNO2/c1-3-22(19-7-5-4-6-8-19)23(26)25(16-21-14-9-17(2)27-21)15-18-10-12-20(24)13-11-18/h4-14,22H,3,15-16H2,1-2H3/t22-/m1/s1. The molecule has 0 unspecified atom stereocenters. The maximum atomic E-state index is 13.4. The molecule has 4 heteroatoms. The minimum atomic E-state index is -0.283. The summed E-state index contributed by atoms with van der Waals surface area (Å²) in [5.74, 6) is 1.10. The average molecular weight is 365 g/mol.